The molecule has 228 valence electrons. The summed E-state index contributed by atoms with van der Waals surface area (Å²) in [6.45, 7) is 3.73. The van der Waals surface area contributed by atoms with Gasteiger partial charge in [0.25, 0.3) is 5.91 Å². The predicted octanol–water partition coefficient (Wildman–Crippen LogP) is 0.958. The third kappa shape index (κ3) is 10.4. The van der Waals surface area contributed by atoms with Crippen molar-refractivity contribution in [2.75, 3.05) is 38.9 Å². The lowest BCUT2D eigenvalue weighted by Gasteiger charge is -2.36. The van der Waals surface area contributed by atoms with E-state index in [-0.39, 0.29) is 48.9 Å². The van der Waals surface area contributed by atoms with E-state index >= 15 is 0 Å². The number of unbranched alkanes of at least 4 members (excludes halogenated alkanes) is 1. The molecule has 0 bridgehead atoms. The Morgan fingerprint density at radius 2 is 1.69 bits per heavy atom. The smallest absolute Gasteiger partial charge is 0.328 e. The Morgan fingerprint density at radius 3 is 2.29 bits per heavy atom. The molecule has 0 aliphatic carbocycles. The summed E-state index contributed by atoms with van der Waals surface area (Å²) in [5.74, 6) is -2.23. The number of aliphatic hydroxyl groups excluding tert-OH is 1. The minimum atomic E-state index is -4.73. The average Bonchev–Trinajstić information content (AvgIpc) is 2.94. The van der Waals surface area contributed by atoms with Crippen molar-refractivity contribution in [2.24, 2.45) is 0 Å². The van der Waals surface area contributed by atoms with Gasteiger partial charge in [-0.1, -0.05) is 30.3 Å². The van der Waals surface area contributed by atoms with Crippen LogP contribution in [0.5, 0.6) is 0 Å². The summed E-state index contributed by atoms with van der Waals surface area (Å²) in [4.78, 5) is 69.0. The molecule has 14 nitrogen and oxygen atoms in total. The third-order valence-electron chi connectivity index (χ3n) is 6.62. The molecule has 2 aromatic rings. The molecular weight excluding hydrogens is 567 g/mol. The van der Waals surface area contributed by atoms with Crippen LogP contribution in [0.15, 0.2) is 36.4 Å². The fraction of sp³-hybridized carbons (Fsp3) is 0.481. The summed E-state index contributed by atoms with van der Waals surface area (Å²) >= 11 is 0. The van der Waals surface area contributed by atoms with Crippen LogP contribution in [0.2, 0.25) is 0 Å². The highest BCUT2D eigenvalue weighted by molar-refractivity contribution is 7.51. The fourth-order valence-corrected chi connectivity index (χ4v) is 5.24. The van der Waals surface area contributed by atoms with Gasteiger partial charge in [-0.25, -0.2) is 9.97 Å². The van der Waals surface area contributed by atoms with Crippen LogP contribution in [0.25, 0.3) is 11.4 Å². The van der Waals surface area contributed by atoms with Gasteiger partial charge in [0.2, 0.25) is 5.91 Å². The van der Waals surface area contributed by atoms with Crippen molar-refractivity contribution >= 4 is 31.1 Å². The van der Waals surface area contributed by atoms with Crippen LogP contribution in [0.1, 0.15) is 48.8 Å². The van der Waals surface area contributed by atoms with Crippen molar-refractivity contribution in [2.45, 2.75) is 44.8 Å². The quantitative estimate of drug-likeness (QED) is 0.101. The SMILES string of the molecule is CC(O)CC(=N)c1cc(C(=O)N[C@@H](CP(=O)(O)O)C(=O)N2CCN(CCCCC(=O)O)CC2)nc(-c2ccccc2)n1. The Balaban J connectivity index is 1.77. The Hall–Kier alpha value is -3.55. The van der Waals surface area contributed by atoms with Crippen molar-refractivity contribution in [3.8, 4) is 11.4 Å². The van der Waals surface area contributed by atoms with E-state index in [1.54, 1.807) is 30.3 Å². The number of nitrogens with zero attached hydrogens (tertiary/aromatic N) is 4. The van der Waals surface area contributed by atoms with Crippen LogP contribution in [0.4, 0.5) is 0 Å². The number of amides is 2. The topological polar surface area (TPSA) is 217 Å². The number of aliphatic hydroxyl groups is 1. The van der Waals surface area contributed by atoms with Crippen molar-refractivity contribution in [1.29, 1.82) is 5.41 Å². The zero-order valence-corrected chi connectivity index (χ0v) is 24.2. The lowest BCUT2D eigenvalue weighted by atomic mass is 10.1. The van der Waals surface area contributed by atoms with E-state index in [2.05, 4.69) is 20.2 Å². The highest BCUT2D eigenvalue weighted by Crippen LogP contribution is 2.35. The largest absolute Gasteiger partial charge is 0.481 e. The monoisotopic (exact) mass is 604 g/mol. The van der Waals surface area contributed by atoms with Crippen molar-refractivity contribution in [3.63, 3.8) is 0 Å². The summed E-state index contributed by atoms with van der Waals surface area (Å²) in [6.07, 6.45) is -0.450. The number of carbonyl (C=O) groups excluding carboxylic acids is 2. The van der Waals surface area contributed by atoms with Gasteiger partial charge in [0.05, 0.1) is 23.7 Å². The highest BCUT2D eigenvalue weighted by atomic mass is 31.2. The van der Waals surface area contributed by atoms with E-state index in [0.29, 0.717) is 38.0 Å². The first kappa shape index (κ1) is 33.0. The van der Waals surface area contributed by atoms with Crippen LogP contribution in [0.3, 0.4) is 0 Å². The van der Waals surface area contributed by atoms with E-state index in [1.165, 1.54) is 17.9 Å². The second kappa shape index (κ2) is 15.1. The second-order valence-electron chi connectivity index (χ2n) is 10.3. The maximum Gasteiger partial charge on any atom is 0.328 e. The molecule has 1 aliphatic heterocycles. The Labute approximate surface area is 243 Å². The van der Waals surface area contributed by atoms with Crippen LogP contribution < -0.4 is 5.32 Å². The lowest BCUT2D eigenvalue weighted by molar-refractivity contribution is -0.137. The van der Waals surface area contributed by atoms with Gasteiger partial charge in [-0.15, -0.1) is 0 Å². The minimum absolute atomic E-state index is 0.0306. The summed E-state index contributed by atoms with van der Waals surface area (Å²) in [5, 5.41) is 29.3. The highest BCUT2D eigenvalue weighted by Gasteiger charge is 2.34. The Morgan fingerprint density at radius 1 is 1.05 bits per heavy atom. The zero-order chi connectivity index (χ0) is 30.9. The van der Waals surface area contributed by atoms with E-state index < -0.39 is 43.7 Å². The molecule has 1 aromatic carbocycles. The summed E-state index contributed by atoms with van der Waals surface area (Å²) in [7, 11) is -4.73. The molecule has 0 spiro atoms. The van der Waals surface area contributed by atoms with Gasteiger partial charge >= 0.3 is 13.6 Å². The Kier molecular flexibility index (Phi) is 11.8. The number of nitrogens with one attached hydrogen (secondary N) is 2. The predicted molar refractivity (Wildman–Crippen MR) is 153 cm³/mol. The Bertz CT molecular complexity index is 1310. The van der Waals surface area contributed by atoms with Gasteiger partial charge < -0.3 is 35.6 Å². The molecule has 0 saturated carbocycles. The maximum absolute atomic E-state index is 13.4. The van der Waals surface area contributed by atoms with Crippen molar-refractivity contribution in [1.82, 2.24) is 25.1 Å². The number of piperazine rings is 1. The molecule has 15 heteroatoms. The number of rotatable bonds is 14. The lowest BCUT2D eigenvalue weighted by Crippen LogP contribution is -2.56. The van der Waals surface area contributed by atoms with Gasteiger partial charge in [-0.2, -0.15) is 0 Å². The zero-order valence-electron chi connectivity index (χ0n) is 23.3. The number of hydrogen-bond acceptors (Lipinski definition) is 9. The molecule has 6 N–H and O–H groups in total. The number of carboxylic acid groups (broad SMARTS) is 1. The standard InChI is InChI=1S/C27H37N6O8P/c1-18(34)15-20(28)21-16-22(30-25(29-21)19-7-3-2-4-8-19)26(37)31-23(17-42(39,40)41)27(38)33-13-11-32(12-14-33)10-6-5-9-24(35)36/h2-4,7-8,16,18,23,28,34H,5-6,9-15,17H2,1H3,(H,31,37)(H,35,36)(H2,39,40,41)/t18?,23-/m0/s1. The van der Waals surface area contributed by atoms with Crippen LogP contribution in [0, 0.1) is 5.41 Å². The normalized spacial score (nSPS) is 15.6. The van der Waals surface area contributed by atoms with Crippen LogP contribution >= 0.6 is 7.60 Å². The third-order valence-corrected chi connectivity index (χ3v) is 7.46. The number of carboxylic acids is 1. The van der Waals surface area contributed by atoms with Gasteiger partial charge in [0, 0.05) is 44.6 Å². The van der Waals surface area contributed by atoms with Gasteiger partial charge in [-0.3, -0.25) is 23.8 Å². The summed E-state index contributed by atoms with van der Waals surface area (Å²) < 4.78 is 11.9. The number of carbonyl (C=O) groups is 3. The molecule has 2 heterocycles. The number of benzene rings is 1. The molecule has 1 fully saturated rings. The van der Waals surface area contributed by atoms with Gasteiger partial charge in [-0.05, 0) is 32.4 Å². The van der Waals surface area contributed by atoms with Crippen molar-refractivity contribution in [3.05, 3.63) is 47.8 Å². The molecule has 2 amide bonds. The molecule has 2 atom stereocenters. The summed E-state index contributed by atoms with van der Waals surface area (Å²) in [6, 6.07) is 8.42. The van der Waals surface area contributed by atoms with E-state index in [9.17, 15) is 33.8 Å². The van der Waals surface area contributed by atoms with Gasteiger partial charge in [0.15, 0.2) is 5.82 Å². The van der Waals surface area contributed by atoms with Gasteiger partial charge in [0.1, 0.15) is 11.7 Å². The first-order valence-corrected chi connectivity index (χ1v) is 15.4. The number of hydrogen-bond donors (Lipinski definition) is 6. The molecule has 1 aliphatic rings. The first-order chi connectivity index (χ1) is 19.8. The average molecular weight is 605 g/mol. The molecule has 0 radical (unpaired) electrons. The first-order valence-electron chi connectivity index (χ1n) is 13.6. The molecule has 42 heavy (non-hydrogen) atoms. The summed E-state index contributed by atoms with van der Waals surface area (Å²) in [5.41, 5.74) is 0.403. The van der Waals surface area contributed by atoms with Crippen molar-refractivity contribution < 1.29 is 38.9 Å². The number of aliphatic carboxylic acids is 1. The van der Waals surface area contributed by atoms with Crippen LogP contribution in [-0.4, -0.2) is 114 Å². The maximum atomic E-state index is 13.4. The molecule has 1 saturated heterocycles. The second-order valence-corrected chi connectivity index (χ2v) is 11.9. The molecule has 1 aromatic heterocycles. The molecule has 3 rings (SSSR count). The molecule has 1 unspecified atom stereocenters. The van der Waals surface area contributed by atoms with Crippen LogP contribution in [-0.2, 0) is 14.2 Å². The van der Waals surface area contributed by atoms with E-state index in [1.807, 2.05) is 0 Å². The van der Waals surface area contributed by atoms with E-state index in [0.717, 1.165) is 0 Å². The fourth-order valence-electron chi connectivity index (χ4n) is 4.51. The number of aromatic nitrogens is 2. The minimum Gasteiger partial charge on any atom is -0.481 e. The van der Waals surface area contributed by atoms with E-state index in [4.69, 9.17) is 10.5 Å². The molecular formula is C27H37N6O8P.